The van der Waals surface area contributed by atoms with Crippen LogP contribution in [-0.4, -0.2) is 22.2 Å². The van der Waals surface area contributed by atoms with Gasteiger partial charge >= 0.3 is 5.97 Å². The van der Waals surface area contributed by atoms with Gasteiger partial charge in [-0.1, -0.05) is 60.2 Å². The summed E-state index contributed by atoms with van der Waals surface area (Å²) in [4.78, 5) is 14.5. The van der Waals surface area contributed by atoms with Gasteiger partial charge < -0.3 is 14.4 Å². The molecule has 0 amide bonds. The summed E-state index contributed by atoms with van der Waals surface area (Å²) in [6.07, 6.45) is 0. The maximum absolute atomic E-state index is 13.3. The van der Waals surface area contributed by atoms with Crippen LogP contribution in [0.5, 0.6) is 5.75 Å². The number of fused-ring (bicyclic) bond motifs is 2. The summed E-state index contributed by atoms with van der Waals surface area (Å²) < 4.78 is 8.30. The number of carbonyl (C=O) groups excluding carboxylic acids is 1. The molecule has 1 N–H and O–H groups in total. The fourth-order valence-corrected chi connectivity index (χ4v) is 6.26. The second-order valence-corrected chi connectivity index (χ2v) is 11.0. The van der Waals surface area contributed by atoms with Crippen molar-refractivity contribution in [3.05, 3.63) is 105 Å². The SMILES string of the molecule is CCOC(=O)c1c(CSc2ccc(C)cc2C)n(Cc2cccc3ccccc23)c2cc(Br)c(O)cc12. The Kier molecular flexibility index (Phi) is 7.31. The summed E-state index contributed by atoms with van der Waals surface area (Å²) in [6.45, 7) is 6.87. The van der Waals surface area contributed by atoms with Crippen LogP contribution < -0.4 is 0 Å². The van der Waals surface area contributed by atoms with Crippen molar-refractivity contribution in [1.82, 2.24) is 4.57 Å². The second kappa shape index (κ2) is 10.6. The number of hydrogen-bond acceptors (Lipinski definition) is 4. The van der Waals surface area contributed by atoms with Crippen molar-refractivity contribution < 1.29 is 14.6 Å². The average molecular weight is 575 g/mol. The van der Waals surface area contributed by atoms with Gasteiger partial charge in [0, 0.05) is 28.3 Å². The van der Waals surface area contributed by atoms with Crippen LogP contribution in [0.2, 0.25) is 0 Å². The average Bonchev–Trinajstić information content (AvgIpc) is 3.16. The highest BCUT2D eigenvalue weighted by Gasteiger charge is 2.25. The Morgan fingerprint density at radius 2 is 1.78 bits per heavy atom. The molecule has 5 aromatic rings. The van der Waals surface area contributed by atoms with E-state index in [0.29, 0.717) is 27.7 Å². The van der Waals surface area contributed by atoms with Crippen LogP contribution >= 0.6 is 27.7 Å². The van der Waals surface area contributed by atoms with Gasteiger partial charge in [-0.05, 0) is 76.8 Å². The first-order valence-corrected chi connectivity index (χ1v) is 14.0. The molecule has 0 atom stereocenters. The Balaban J connectivity index is 1.71. The topological polar surface area (TPSA) is 51.5 Å². The monoisotopic (exact) mass is 573 g/mol. The highest BCUT2D eigenvalue weighted by Crippen LogP contribution is 2.38. The molecular formula is C31H28BrNO3S. The maximum atomic E-state index is 13.3. The summed E-state index contributed by atoms with van der Waals surface area (Å²) in [6, 6.07) is 24.6. The van der Waals surface area contributed by atoms with Crippen molar-refractivity contribution in [2.45, 2.75) is 38.0 Å². The van der Waals surface area contributed by atoms with E-state index < -0.39 is 0 Å². The molecule has 0 saturated heterocycles. The first-order valence-electron chi connectivity index (χ1n) is 12.2. The van der Waals surface area contributed by atoms with E-state index in [1.54, 1.807) is 17.8 Å². The van der Waals surface area contributed by atoms with Gasteiger partial charge in [0.25, 0.3) is 0 Å². The fourth-order valence-electron chi connectivity index (χ4n) is 4.88. The molecule has 0 saturated carbocycles. The van der Waals surface area contributed by atoms with Crippen LogP contribution in [0.1, 0.15) is 39.7 Å². The number of phenols is 1. The predicted molar refractivity (Wildman–Crippen MR) is 156 cm³/mol. The lowest BCUT2D eigenvalue weighted by Gasteiger charge is -2.15. The first-order chi connectivity index (χ1) is 17.9. The second-order valence-electron chi connectivity index (χ2n) is 9.14. The van der Waals surface area contributed by atoms with Gasteiger partial charge in [-0.25, -0.2) is 4.79 Å². The molecule has 4 nitrogen and oxygen atoms in total. The van der Waals surface area contributed by atoms with Crippen LogP contribution in [0.3, 0.4) is 0 Å². The molecule has 188 valence electrons. The molecule has 1 heterocycles. The number of esters is 1. The summed E-state index contributed by atoms with van der Waals surface area (Å²) in [5, 5.41) is 13.6. The molecule has 0 fully saturated rings. The van der Waals surface area contributed by atoms with E-state index in [1.165, 1.54) is 26.8 Å². The molecule has 0 aliphatic carbocycles. The molecule has 1 aromatic heterocycles. The third-order valence-corrected chi connectivity index (χ3v) is 8.44. The van der Waals surface area contributed by atoms with E-state index >= 15 is 0 Å². The Bertz CT molecular complexity index is 1630. The van der Waals surface area contributed by atoms with Crippen molar-refractivity contribution in [2.24, 2.45) is 0 Å². The molecule has 37 heavy (non-hydrogen) atoms. The third kappa shape index (κ3) is 5.00. The molecule has 0 aliphatic heterocycles. The molecule has 6 heteroatoms. The molecule has 0 radical (unpaired) electrons. The zero-order valence-electron chi connectivity index (χ0n) is 21.0. The van der Waals surface area contributed by atoms with E-state index in [9.17, 15) is 9.90 Å². The molecule has 4 aromatic carbocycles. The van der Waals surface area contributed by atoms with Crippen LogP contribution in [0.25, 0.3) is 21.7 Å². The van der Waals surface area contributed by atoms with Crippen molar-refractivity contribution in [3.63, 3.8) is 0 Å². The summed E-state index contributed by atoms with van der Waals surface area (Å²) >= 11 is 5.19. The number of aromatic hydroxyl groups is 1. The van der Waals surface area contributed by atoms with Gasteiger partial charge in [0.1, 0.15) is 5.75 Å². The largest absolute Gasteiger partial charge is 0.507 e. The van der Waals surface area contributed by atoms with Gasteiger partial charge in [0.2, 0.25) is 0 Å². The zero-order valence-corrected chi connectivity index (χ0v) is 23.4. The lowest BCUT2D eigenvalue weighted by Crippen LogP contribution is -2.10. The van der Waals surface area contributed by atoms with Crippen LogP contribution in [-0.2, 0) is 17.0 Å². The standard InChI is InChI=1S/C31H28BrNO3S/c1-4-36-31(35)30-24-15-28(34)25(32)16-26(24)33(17-22-10-7-9-21-8-5-6-11-23(21)22)27(30)18-37-29-13-12-19(2)14-20(29)3/h5-16,34H,4,17-18H2,1-3H3. The molecule has 0 unspecified atom stereocenters. The molecule has 0 aliphatic rings. The number of carbonyl (C=O) groups is 1. The van der Waals surface area contributed by atoms with E-state index in [0.717, 1.165) is 16.8 Å². The number of rotatable bonds is 7. The highest BCUT2D eigenvalue weighted by atomic mass is 79.9. The van der Waals surface area contributed by atoms with Gasteiger partial charge in [-0.15, -0.1) is 11.8 Å². The Morgan fingerprint density at radius 1 is 1.00 bits per heavy atom. The van der Waals surface area contributed by atoms with Crippen LogP contribution in [0.15, 0.2) is 82.2 Å². The smallest absolute Gasteiger partial charge is 0.340 e. The highest BCUT2D eigenvalue weighted by molar-refractivity contribution is 9.10. The number of halogens is 1. The van der Waals surface area contributed by atoms with E-state index in [-0.39, 0.29) is 18.3 Å². The number of hydrogen-bond donors (Lipinski definition) is 1. The Hall–Kier alpha value is -3.22. The number of aryl methyl sites for hydroxylation is 2. The number of thioether (sulfide) groups is 1. The number of ether oxygens (including phenoxy) is 1. The number of aromatic nitrogens is 1. The maximum Gasteiger partial charge on any atom is 0.340 e. The lowest BCUT2D eigenvalue weighted by atomic mass is 10.0. The van der Waals surface area contributed by atoms with Gasteiger partial charge in [0.05, 0.1) is 22.2 Å². The normalized spacial score (nSPS) is 11.4. The number of phenolic OH excluding ortho intramolecular Hbond substituents is 1. The quantitative estimate of drug-likeness (QED) is 0.157. The zero-order chi connectivity index (χ0) is 26.1. The van der Waals surface area contributed by atoms with E-state index in [1.807, 2.05) is 19.1 Å². The van der Waals surface area contributed by atoms with Gasteiger partial charge in [0.15, 0.2) is 0 Å². The number of benzene rings is 4. The molecular weight excluding hydrogens is 546 g/mol. The van der Waals surface area contributed by atoms with Crippen molar-refractivity contribution in [1.29, 1.82) is 0 Å². The van der Waals surface area contributed by atoms with Gasteiger partial charge in [-0.2, -0.15) is 0 Å². The van der Waals surface area contributed by atoms with Crippen LogP contribution in [0, 0.1) is 13.8 Å². The molecule has 0 bridgehead atoms. The summed E-state index contributed by atoms with van der Waals surface area (Å²) in [7, 11) is 0. The number of nitrogens with zero attached hydrogens (tertiary/aromatic N) is 1. The minimum absolute atomic E-state index is 0.0916. The minimum Gasteiger partial charge on any atom is -0.507 e. The summed E-state index contributed by atoms with van der Waals surface area (Å²) in [5.41, 5.74) is 5.85. The van der Waals surface area contributed by atoms with E-state index in [4.69, 9.17) is 4.74 Å². The minimum atomic E-state index is -0.373. The van der Waals surface area contributed by atoms with Crippen molar-refractivity contribution in [2.75, 3.05) is 6.61 Å². The van der Waals surface area contributed by atoms with Crippen molar-refractivity contribution >= 4 is 55.3 Å². The predicted octanol–water partition coefficient (Wildman–Crippen LogP) is 8.40. The Labute approximate surface area is 229 Å². The van der Waals surface area contributed by atoms with E-state index in [2.05, 4.69) is 88.9 Å². The van der Waals surface area contributed by atoms with Crippen LogP contribution in [0.4, 0.5) is 0 Å². The molecule has 0 spiro atoms. The van der Waals surface area contributed by atoms with Gasteiger partial charge in [-0.3, -0.25) is 0 Å². The Morgan fingerprint density at radius 3 is 2.57 bits per heavy atom. The fraction of sp³-hybridized carbons (Fsp3) is 0.194. The van der Waals surface area contributed by atoms with Crippen molar-refractivity contribution in [3.8, 4) is 5.75 Å². The first kappa shape index (κ1) is 25.4. The molecule has 5 rings (SSSR count). The third-order valence-electron chi connectivity index (χ3n) is 6.62. The summed E-state index contributed by atoms with van der Waals surface area (Å²) in [5.74, 6) is 0.298. The lowest BCUT2D eigenvalue weighted by molar-refractivity contribution is 0.0527.